The second-order valence-corrected chi connectivity index (χ2v) is 4.76. The maximum Gasteiger partial charge on any atom is 0.358 e. The topological polar surface area (TPSA) is 55.1 Å². The Hall–Kier alpha value is -1.23. The van der Waals surface area contributed by atoms with Gasteiger partial charge in [-0.05, 0) is 25.1 Å². The van der Waals surface area contributed by atoms with Crippen LogP contribution in [0.5, 0.6) is 0 Å². The van der Waals surface area contributed by atoms with Crippen molar-refractivity contribution in [3.63, 3.8) is 0 Å². The number of carboxylic acids is 1. The number of hydrogen-bond donors (Lipinski definition) is 1. The van der Waals surface area contributed by atoms with Gasteiger partial charge in [-0.1, -0.05) is 34.8 Å². The average molecular weight is 306 g/mol. The van der Waals surface area contributed by atoms with Crippen LogP contribution in [0, 0.1) is 6.92 Å². The van der Waals surface area contributed by atoms with Gasteiger partial charge in [0, 0.05) is 0 Å². The van der Waals surface area contributed by atoms with Crippen molar-refractivity contribution in [2.75, 3.05) is 0 Å². The molecule has 0 spiro atoms. The van der Waals surface area contributed by atoms with Crippen molar-refractivity contribution in [2.24, 2.45) is 0 Å². The van der Waals surface area contributed by atoms with Gasteiger partial charge in [-0.2, -0.15) is 5.10 Å². The number of halogens is 3. The molecule has 7 heteroatoms. The van der Waals surface area contributed by atoms with Gasteiger partial charge in [0.15, 0.2) is 5.69 Å². The van der Waals surface area contributed by atoms with Crippen LogP contribution in [0.15, 0.2) is 18.2 Å². The molecule has 0 saturated carbocycles. The van der Waals surface area contributed by atoms with E-state index >= 15 is 0 Å². The second kappa shape index (κ2) is 4.80. The van der Waals surface area contributed by atoms with E-state index in [9.17, 15) is 4.79 Å². The zero-order valence-corrected chi connectivity index (χ0v) is 11.4. The molecule has 0 bridgehead atoms. The van der Waals surface area contributed by atoms with E-state index in [0.717, 1.165) is 0 Å². The van der Waals surface area contributed by atoms with Crippen LogP contribution >= 0.6 is 34.8 Å². The van der Waals surface area contributed by atoms with E-state index in [1.165, 1.54) is 4.68 Å². The van der Waals surface area contributed by atoms with Crippen molar-refractivity contribution in [1.29, 1.82) is 0 Å². The van der Waals surface area contributed by atoms with E-state index in [1.807, 2.05) is 0 Å². The number of carbonyl (C=O) groups is 1. The Bertz CT molecular complexity index is 637. The smallest absolute Gasteiger partial charge is 0.358 e. The van der Waals surface area contributed by atoms with Crippen molar-refractivity contribution >= 4 is 40.8 Å². The van der Waals surface area contributed by atoms with Crippen LogP contribution in [0.2, 0.25) is 15.1 Å². The first-order valence-electron chi connectivity index (χ1n) is 4.85. The number of carboxylic acid groups (broad SMARTS) is 1. The van der Waals surface area contributed by atoms with Gasteiger partial charge in [0.1, 0.15) is 0 Å². The molecule has 0 unspecified atom stereocenters. The van der Waals surface area contributed by atoms with Crippen LogP contribution in [0.4, 0.5) is 0 Å². The van der Waals surface area contributed by atoms with Gasteiger partial charge in [0.05, 0.1) is 26.4 Å². The molecule has 0 saturated heterocycles. The van der Waals surface area contributed by atoms with Gasteiger partial charge in [0.25, 0.3) is 0 Å². The molecule has 1 aromatic heterocycles. The summed E-state index contributed by atoms with van der Waals surface area (Å²) in [5, 5.41) is 13.8. The van der Waals surface area contributed by atoms with Crippen molar-refractivity contribution in [3.8, 4) is 5.69 Å². The van der Waals surface area contributed by atoms with E-state index in [-0.39, 0.29) is 10.7 Å². The van der Waals surface area contributed by atoms with Crippen molar-refractivity contribution in [1.82, 2.24) is 9.78 Å². The van der Waals surface area contributed by atoms with Gasteiger partial charge in [0.2, 0.25) is 0 Å². The van der Waals surface area contributed by atoms with Crippen LogP contribution in [0.25, 0.3) is 5.69 Å². The zero-order chi connectivity index (χ0) is 13.4. The second-order valence-electron chi connectivity index (χ2n) is 3.56. The molecule has 0 aliphatic carbocycles. The first-order valence-corrected chi connectivity index (χ1v) is 5.99. The summed E-state index contributed by atoms with van der Waals surface area (Å²) in [4.78, 5) is 10.9. The molecule has 0 aliphatic rings. The maximum atomic E-state index is 10.9. The Morgan fingerprint density at radius 1 is 1.28 bits per heavy atom. The van der Waals surface area contributed by atoms with Gasteiger partial charge in [-0.25, -0.2) is 9.48 Å². The Labute approximate surface area is 118 Å². The predicted molar refractivity (Wildman–Crippen MR) is 70.3 cm³/mol. The molecule has 18 heavy (non-hydrogen) atoms. The number of aromatic carboxylic acids is 1. The normalized spacial score (nSPS) is 10.7. The lowest BCUT2D eigenvalue weighted by molar-refractivity contribution is 0.0690. The van der Waals surface area contributed by atoms with E-state index in [1.54, 1.807) is 25.1 Å². The molecule has 0 aliphatic heterocycles. The van der Waals surface area contributed by atoms with Crippen LogP contribution in [-0.4, -0.2) is 20.9 Å². The average Bonchev–Trinajstić information content (AvgIpc) is 2.60. The molecule has 1 aromatic carbocycles. The summed E-state index contributed by atoms with van der Waals surface area (Å²) >= 11 is 17.6. The molecular formula is C11H7Cl3N2O2. The van der Waals surface area contributed by atoms with Gasteiger partial charge in [-0.15, -0.1) is 0 Å². The van der Waals surface area contributed by atoms with Crippen LogP contribution in [0.1, 0.15) is 16.2 Å². The third-order valence-corrected chi connectivity index (χ3v) is 3.59. The van der Waals surface area contributed by atoms with Gasteiger partial charge in [-0.3, -0.25) is 0 Å². The number of rotatable bonds is 2. The summed E-state index contributed by atoms with van der Waals surface area (Å²) in [6.07, 6.45) is 0. The Kier molecular flexibility index (Phi) is 3.52. The number of hydrogen-bond acceptors (Lipinski definition) is 2. The van der Waals surface area contributed by atoms with Gasteiger partial charge >= 0.3 is 5.97 Å². The largest absolute Gasteiger partial charge is 0.476 e. The van der Waals surface area contributed by atoms with Crippen LogP contribution in [0.3, 0.4) is 0 Å². The van der Waals surface area contributed by atoms with Crippen molar-refractivity contribution < 1.29 is 9.90 Å². The van der Waals surface area contributed by atoms with E-state index in [0.29, 0.717) is 21.4 Å². The number of aromatic nitrogens is 2. The minimum Gasteiger partial charge on any atom is -0.476 e. The minimum absolute atomic E-state index is 0.105. The lowest BCUT2D eigenvalue weighted by atomic mass is 10.3. The van der Waals surface area contributed by atoms with E-state index < -0.39 is 5.97 Å². The standard InChI is InChI=1S/C11H7Cl3N2O2/c1-5-9(14)10(11(17)18)15-16(5)6-2-3-7(12)8(13)4-6/h2-4H,1H3,(H,17,18). The number of nitrogens with zero attached hydrogens (tertiary/aromatic N) is 2. The van der Waals surface area contributed by atoms with Crippen LogP contribution < -0.4 is 0 Å². The zero-order valence-electron chi connectivity index (χ0n) is 9.12. The van der Waals surface area contributed by atoms with Crippen molar-refractivity contribution in [3.05, 3.63) is 44.7 Å². The van der Waals surface area contributed by atoms with Gasteiger partial charge < -0.3 is 5.11 Å². The number of benzene rings is 1. The molecule has 2 rings (SSSR count). The first-order chi connectivity index (χ1) is 8.41. The summed E-state index contributed by atoms with van der Waals surface area (Å²) in [6, 6.07) is 4.87. The minimum atomic E-state index is -1.18. The quantitative estimate of drug-likeness (QED) is 0.917. The third kappa shape index (κ3) is 2.19. The SMILES string of the molecule is Cc1c(Cl)c(C(=O)O)nn1-c1ccc(Cl)c(Cl)c1. The molecule has 1 N–H and O–H groups in total. The highest BCUT2D eigenvalue weighted by atomic mass is 35.5. The summed E-state index contributed by atoms with van der Waals surface area (Å²) < 4.78 is 1.41. The van der Waals surface area contributed by atoms with E-state index in [4.69, 9.17) is 39.9 Å². The maximum absolute atomic E-state index is 10.9. The Morgan fingerprint density at radius 3 is 2.44 bits per heavy atom. The predicted octanol–water partition coefficient (Wildman–Crippen LogP) is 3.84. The molecule has 0 amide bonds. The summed E-state index contributed by atoms with van der Waals surface area (Å²) in [5.74, 6) is -1.18. The van der Waals surface area contributed by atoms with Crippen LogP contribution in [-0.2, 0) is 0 Å². The molecule has 0 atom stereocenters. The Morgan fingerprint density at radius 2 is 1.94 bits per heavy atom. The monoisotopic (exact) mass is 304 g/mol. The lowest BCUT2D eigenvalue weighted by Crippen LogP contribution is -2.02. The summed E-state index contributed by atoms with van der Waals surface area (Å²) in [5.41, 5.74) is 0.920. The fourth-order valence-electron chi connectivity index (χ4n) is 1.49. The molecular weight excluding hydrogens is 298 g/mol. The molecule has 2 aromatic rings. The highest BCUT2D eigenvalue weighted by Gasteiger charge is 2.19. The molecule has 4 nitrogen and oxygen atoms in total. The third-order valence-electron chi connectivity index (χ3n) is 2.39. The first kappa shape index (κ1) is 13.2. The molecule has 0 radical (unpaired) electrons. The molecule has 1 heterocycles. The highest BCUT2D eigenvalue weighted by molar-refractivity contribution is 6.42. The summed E-state index contributed by atoms with van der Waals surface area (Å²) in [6.45, 7) is 1.67. The highest BCUT2D eigenvalue weighted by Crippen LogP contribution is 2.27. The fraction of sp³-hybridized carbons (Fsp3) is 0.0909. The lowest BCUT2D eigenvalue weighted by Gasteiger charge is -2.05. The molecule has 94 valence electrons. The molecule has 0 fully saturated rings. The van der Waals surface area contributed by atoms with E-state index in [2.05, 4.69) is 5.10 Å². The Balaban J connectivity index is 2.61. The summed E-state index contributed by atoms with van der Waals surface area (Å²) in [7, 11) is 0. The van der Waals surface area contributed by atoms with Crippen molar-refractivity contribution in [2.45, 2.75) is 6.92 Å². The fourth-order valence-corrected chi connectivity index (χ4v) is 1.98.